The topological polar surface area (TPSA) is 6.48 Å². The fourth-order valence-corrected chi connectivity index (χ4v) is 34.8. The van der Waals surface area contributed by atoms with E-state index in [0.29, 0.717) is 10.8 Å². The SMILES string of the molecule is CC(C)(C)C1CC2CC[C@@H]3C[C@H](C(C)(C)C)C[C@@H]4C[C@H](C5CCC6C(C5)B5[C@@H]7C(CC(CN(C8CCC(C9CCCCC9)CC8)C8CCC(C9CCCCC9)CC8)CC7N6C6[C@@H](C7CCCCC7)CCC[C@H]6C6CCCCC6)SC6CCC(C7CCCCC7)C[C@@H]56)C(C1)C2C34. The maximum absolute atomic E-state index is 3.90. The summed E-state index contributed by atoms with van der Waals surface area (Å²) in [4.78, 5) is 7.40. The quantitative estimate of drug-likeness (QED) is 0.190. The van der Waals surface area contributed by atoms with Gasteiger partial charge in [-0.15, -0.1) is 0 Å². The first-order chi connectivity index (χ1) is 46.3. The second-order valence-electron chi connectivity index (χ2n) is 43.0. The second kappa shape index (κ2) is 29.3. The van der Waals surface area contributed by atoms with Crippen LogP contribution in [0, 0.1) is 135 Å². The lowest BCUT2D eigenvalue weighted by Gasteiger charge is -2.69. The van der Waals surface area contributed by atoms with Crippen molar-refractivity contribution in [3.05, 3.63) is 0 Å². The Morgan fingerprint density at radius 2 is 0.768 bits per heavy atom. The lowest BCUT2D eigenvalue weighted by molar-refractivity contribution is -0.154. The van der Waals surface area contributed by atoms with Gasteiger partial charge in [-0.05, 0) is 300 Å². The van der Waals surface area contributed by atoms with Crippen LogP contribution < -0.4 is 0 Å². The maximum Gasteiger partial charge on any atom is 0.155 e. The van der Waals surface area contributed by atoms with Crippen molar-refractivity contribution in [3.8, 4) is 0 Å². The molecule has 17 rings (SSSR count). The molecule has 14 unspecified atom stereocenters. The smallest absolute Gasteiger partial charge is 0.155 e. The molecule has 0 aromatic heterocycles. The zero-order valence-electron chi connectivity index (χ0n) is 63.5. The van der Waals surface area contributed by atoms with E-state index in [4.69, 9.17) is 0 Å². The molecule has 0 N–H and O–H groups in total. The Kier molecular flexibility index (Phi) is 21.1. The Bertz CT molecular complexity index is 2370. The number of thioether (sulfide) groups is 1. The van der Waals surface area contributed by atoms with Gasteiger partial charge in [0, 0.05) is 47.3 Å². The van der Waals surface area contributed by atoms with Crippen LogP contribution in [0.1, 0.15) is 369 Å². The molecule has 17 aliphatic rings. The van der Waals surface area contributed by atoms with Crippen LogP contribution in [0.25, 0.3) is 0 Å². The molecule has 0 radical (unpaired) electrons. The molecular weight excluding hydrogens is 1160 g/mol. The molecule has 15 saturated carbocycles. The third-order valence-corrected chi connectivity index (χ3v) is 38.8. The Morgan fingerprint density at radius 1 is 0.316 bits per heavy atom. The van der Waals surface area contributed by atoms with Crippen LogP contribution >= 0.6 is 11.8 Å². The molecule has 4 heteroatoms. The Balaban J connectivity index is 0.752. The fraction of sp³-hybridized carbons (Fsp3) is 1.00. The Hall–Kier alpha value is 0.335. The van der Waals surface area contributed by atoms with Gasteiger partial charge in [0.25, 0.3) is 0 Å². The van der Waals surface area contributed by atoms with Gasteiger partial charge in [-0.25, -0.2) is 0 Å². The van der Waals surface area contributed by atoms with Crippen LogP contribution in [0.15, 0.2) is 0 Å². The van der Waals surface area contributed by atoms with Gasteiger partial charge in [0.05, 0.1) is 0 Å². The average molecular weight is 1320 g/mol. The van der Waals surface area contributed by atoms with Gasteiger partial charge in [-0.1, -0.05) is 221 Å². The highest BCUT2D eigenvalue weighted by molar-refractivity contribution is 8.00. The van der Waals surface area contributed by atoms with E-state index in [1.54, 1.807) is 270 Å². The van der Waals surface area contributed by atoms with E-state index in [9.17, 15) is 0 Å². The van der Waals surface area contributed by atoms with E-state index in [1.165, 1.54) is 64.3 Å². The summed E-state index contributed by atoms with van der Waals surface area (Å²) in [5.41, 5.74) is 0.910. The molecule has 2 nitrogen and oxygen atoms in total. The van der Waals surface area contributed by atoms with Crippen molar-refractivity contribution >= 4 is 18.5 Å². The minimum Gasteiger partial charge on any atom is -0.297 e. The van der Waals surface area contributed by atoms with E-state index >= 15 is 0 Å². The summed E-state index contributed by atoms with van der Waals surface area (Å²) in [7, 11) is 0. The van der Waals surface area contributed by atoms with E-state index < -0.39 is 0 Å². The fourth-order valence-electron chi connectivity index (χ4n) is 32.7. The highest BCUT2D eigenvalue weighted by atomic mass is 32.2. The normalized spacial score (nSPS) is 48.1. The van der Waals surface area contributed by atoms with E-state index in [0.717, 1.165) is 189 Å². The number of hydrogen-bond acceptors (Lipinski definition) is 3. The largest absolute Gasteiger partial charge is 0.297 e. The molecule has 95 heavy (non-hydrogen) atoms. The molecule has 0 aromatic carbocycles. The van der Waals surface area contributed by atoms with Crippen molar-refractivity contribution in [3.63, 3.8) is 0 Å². The lowest BCUT2D eigenvalue weighted by atomic mass is 9.20. The zero-order valence-corrected chi connectivity index (χ0v) is 64.4. The first-order valence-corrected chi connectivity index (χ1v) is 46.5. The van der Waals surface area contributed by atoms with Crippen molar-refractivity contribution in [1.29, 1.82) is 0 Å². The van der Waals surface area contributed by atoms with Crippen molar-refractivity contribution in [2.24, 2.45) is 135 Å². The van der Waals surface area contributed by atoms with Gasteiger partial charge in [-0.2, -0.15) is 11.8 Å². The second-order valence-corrected chi connectivity index (χ2v) is 44.5. The third-order valence-electron chi connectivity index (χ3n) is 37.0. The number of hydrogen-bond donors (Lipinski definition) is 0. The Labute approximate surface area is 593 Å². The molecular formula is C91H153BN2S. The summed E-state index contributed by atoms with van der Waals surface area (Å²) in [6.45, 7) is 18.7. The summed E-state index contributed by atoms with van der Waals surface area (Å²) in [5.74, 6) is 24.4. The summed E-state index contributed by atoms with van der Waals surface area (Å²) in [6.07, 6.45) is 80.5. The average Bonchev–Trinajstić information content (AvgIpc) is 0.705. The monoisotopic (exact) mass is 1320 g/mol. The number of rotatable bonds is 11. The first kappa shape index (κ1) is 68.4. The standard InChI is InChI=1S/C91H153BN2S/c1-90(2,3)72-51-69-35-36-70-52-73(91(4,5)6)57-79-78(54-71(53-72)86(69)87(70)79)68-41-47-82-80(56-68)92-81-55-67(62-27-16-9-17-28-62)42-48-84(81)95-85-50-59(49-83(88(85)92)94(82)89-76(65-29-18-10-19-30-65)33-22-34-77(89)66-31-20-11-21-32-66)58-93(74-43-37-63(38-44-74)60-23-12-7-13-24-60)75-45-39-64(40-46-75)61-25-14-8-15-26-61/h59-89H,7-58H2,1-6H3/t59?,63?,64?,67?,68?,69-,70?,71-,72+,73?,74?,75?,76-,77+,78-,79?,80?,81-,82?,83?,84?,85?,86?,87?,88+,89?/m1/s1. The molecule has 2 heterocycles. The van der Waals surface area contributed by atoms with E-state index in [1.807, 2.05) is 0 Å². The molecule has 0 spiro atoms. The van der Waals surface area contributed by atoms with Crippen LogP contribution in [0.4, 0.5) is 0 Å². The highest BCUT2D eigenvalue weighted by Gasteiger charge is 2.67. The molecule has 0 bridgehead atoms. The van der Waals surface area contributed by atoms with Crippen LogP contribution in [-0.2, 0) is 0 Å². The van der Waals surface area contributed by atoms with Crippen molar-refractivity contribution in [1.82, 2.24) is 9.80 Å². The van der Waals surface area contributed by atoms with Crippen LogP contribution in [0.2, 0.25) is 17.5 Å². The minimum absolute atomic E-state index is 0.449. The van der Waals surface area contributed by atoms with Gasteiger partial charge in [0.15, 0.2) is 6.71 Å². The van der Waals surface area contributed by atoms with Gasteiger partial charge in [-0.3, -0.25) is 9.80 Å². The molecule has 0 aromatic rings. The molecule has 22 atom stereocenters. The summed E-state index contributed by atoms with van der Waals surface area (Å²) < 4.78 is 0. The zero-order chi connectivity index (χ0) is 64.1. The van der Waals surface area contributed by atoms with Crippen LogP contribution in [0.3, 0.4) is 0 Å². The van der Waals surface area contributed by atoms with Crippen LogP contribution in [-0.4, -0.2) is 63.8 Å². The predicted octanol–water partition coefficient (Wildman–Crippen LogP) is 25.7. The summed E-state index contributed by atoms with van der Waals surface area (Å²) >= 11 is 2.81. The van der Waals surface area contributed by atoms with Crippen molar-refractivity contribution < 1.29 is 0 Å². The summed E-state index contributed by atoms with van der Waals surface area (Å²) in [6, 6.07) is 4.40. The molecule has 17 fully saturated rings. The van der Waals surface area contributed by atoms with E-state index in [2.05, 4.69) is 63.1 Å². The Morgan fingerprint density at radius 3 is 1.32 bits per heavy atom. The molecule has 2 aliphatic heterocycles. The molecule has 15 aliphatic carbocycles. The molecule has 0 amide bonds. The number of nitrogens with zero attached hydrogens (tertiary/aromatic N) is 2. The van der Waals surface area contributed by atoms with Crippen LogP contribution in [0.5, 0.6) is 0 Å². The van der Waals surface area contributed by atoms with Gasteiger partial charge >= 0.3 is 0 Å². The predicted molar refractivity (Wildman–Crippen MR) is 407 cm³/mol. The lowest BCUT2D eigenvalue weighted by Crippen LogP contribution is -2.72. The van der Waals surface area contributed by atoms with Gasteiger partial charge in [0.1, 0.15) is 0 Å². The molecule has 2 saturated heterocycles. The van der Waals surface area contributed by atoms with Gasteiger partial charge < -0.3 is 0 Å². The molecule has 536 valence electrons. The number of fused-ring (bicyclic) bond motifs is 4. The minimum atomic E-state index is 0.449. The van der Waals surface area contributed by atoms with Crippen molar-refractivity contribution in [2.45, 2.75) is 427 Å². The first-order valence-electron chi connectivity index (χ1n) is 45.5. The summed E-state index contributed by atoms with van der Waals surface area (Å²) in [5, 5.41) is 1.89. The highest BCUT2D eigenvalue weighted by Crippen LogP contribution is 2.71. The maximum atomic E-state index is 3.90. The third kappa shape index (κ3) is 13.8. The van der Waals surface area contributed by atoms with Crippen molar-refractivity contribution in [2.75, 3.05) is 6.54 Å². The van der Waals surface area contributed by atoms with Gasteiger partial charge in [0.2, 0.25) is 0 Å². The van der Waals surface area contributed by atoms with E-state index in [-0.39, 0.29) is 0 Å².